The number of carbonyl (C=O) groups excluding carboxylic acids is 1. The van der Waals surface area contributed by atoms with Gasteiger partial charge in [-0.1, -0.05) is 15.9 Å². The number of nitrogens with zero attached hydrogens (tertiary/aromatic N) is 1. The number of rotatable bonds is 4. The normalized spacial score (nSPS) is 10.1. The van der Waals surface area contributed by atoms with Gasteiger partial charge in [-0.3, -0.25) is 14.9 Å². The summed E-state index contributed by atoms with van der Waals surface area (Å²) in [5.41, 5.74) is -0.0754. The first kappa shape index (κ1) is 14.7. The van der Waals surface area contributed by atoms with Gasteiger partial charge in [0.25, 0.3) is 5.91 Å². The molecule has 2 N–H and O–H groups in total. The summed E-state index contributed by atoms with van der Waals surface area (Å²) >= 11 is 3.16. The van der Waals surface area contributed by atoms with Crippen LogP contribution in [0.4, 0.5) is 11.6 Å². The van der Waals surface area contributed by atoms with Crippen molar-refractivity contribution in [3.63, 3.8) is 0 Å². The van der Waals surface area contributed by atoms with Crippen molar-refractivity contribution >= 4 is 39.4 Å². The molecule has 21 heavy (non-hydrogen) atoms. The lowest BCUT2D eigenvalue weighted by Gasteiger charge is -2.07. The first-order chi connectivity index (χ1) is 9.88. The standard InChI is InChI=1S/C12H7BrN2O6/c13-6-1-2-7(12(17)18)8(5-6)14-11(16)9-3-4-10(21-9)15(19)20/h1-5H,(H,14,16)(H,17,18). The van der Waals surface area contributed by atoms with Crippen molar-refractivity contribution in [3.8, 4) is 0 Å². The third-order valence-corrected chi connectivity index (χ3v) is 2.95. The van der Waals surface area contributed by atoms with Gasteiger partial charge in [0.1, 0.15) is 4.92 Å². The second kappa shape index (κ2) is 5.75. The molecule has 1 heterocycles. The van der Waals surface area contributed by atoms with E-state index in [2.05, 4.69) is 21.2 Å². The van der Waals surface area contributed by atoms with Crippen LogP contribution < -0.4 is 5.32 Å². The zero-order valence-corrected chi connectivity index (χ0v) is 11.8. The Morgan fingerprint density at radius 3 is 2.57 bits per heavy atom. The fourth-order valence-corrected chi connectivity index (χ4v) is 1.90. The average Bonchev–Trinajstić information content (AvgIpc) is 2.88. The summed E-state index contributed by atoms with van der Waals surface area (Å²) in [5, 5.41) is 21.9. The number of hydrogen-bond acceptors (Lipinski definition) is 5. The van der Waals surface area contributed by atoms with Gasteiger partial charge in [-0.15, -0.1) is 0 Å². The molecule has 0 unspecified atom stereocenters. The van der Waals surface area contributed by atoms with E-state index in [-0.39, 0.29) is 17.0 Å². The van der Waals surface area contributed by atoms with E-state index in [1.54, 1.807) is 0 Å². The molecule has 0 fully saturated rings. The van der Waals surface area contributed by atoms with Crippen LogP contribution in [0.2, 0.25) is 0 Å². The van der Waals surface area contributed by atoms with Crippen LogP contribution in [0.15, 0.2) is 39.2 Å². The lowest BCUT2D eigenvalue weighted by atomic mass is 10.2. The number of hydrogen-bond donors (Lipinski definition) is 2. The first-order valence-electron chi connectivity index (χ1n) is 5.47. The van der Waals surface area contributed by atoms with Crippen molar-refractivity contribution in [2.24, 2.45) is 0 Å². The predicted molar refractivity (Wildman–Crippen MR) is 74.4 cm³/mol. The average molecular weight is 355 g/mol. The number of carboxylic acids is 1. The van der Waals surface area contributed by atoms with Crippen molar-refractivity contribution in [1.29, 1.82) is 0 Å². The molecule has 1 amide bonds. The summed E-state index contributed by atoms with van der Waals surface area (Å²) in [7, 11) is 0. The van der Waals surface area contributed by atoms with Crippen LogP contribution in [0, 0.1) is 10.1 Å². The van der Waals surface area contributed by atoms with Crippen LogP contribution in [0.3, 0.4) is 0 Å². The van der Waals surface area contributed by atoms with Gasteiger partial charge >= 0.3 is 11.9 Å². The van der Waals surface area contributed by atoms with E-state index in [9.17, 15) is 19.7 Å². The smallest absolute Gasteiger partial charge is 0.433 e. The Hall–Kier alpha value is -2.68. The van der Waals surface area contributed by atoms with Crippen LogP contribution in [-0.2, 0) is 0 Å². The van der Waals surface area contributed by atoms with Gasteiger partial charge in [-0.2, -0.15) is 0 Å². The minimum absolute atomic E-state index is 0.0425. The lowest BCUT2D eigenvalue weighted by Crippen LogP contribution is -2.14. The van der Waals surface area contributed by atoms with Crippen molar-refractivity contribution in [2.45, 2.75) is 0 Å². The predicted octanol–water partition coefficient (Wildman–Crippen LogP) is 2.90. The zero-order valence-electron chi connectivity index (χ0n) is 10.2. The van der Waals surface area contributed by atoms with Gasteiger partial charge in [0.2, 0.25) is 0 Å². The fourth-order valence-electron chi connectivity index (χ4n) is 1.54. The summed E-state index contributed by atoms with van der Waals surface area (Å²) in [6, 6.07) is 6.39. The molecule has 0 radical (unpaired) electrons. The Kier molecular flexibility index (Phi) is 4.03. The molecule has 0 bridgehead atoms. The number of nitro groups is 1. The lowest BCUT2D eigenvalue weighted by molar-refractivity contribution is -0.402. The van der Waals surface area contributed by atoms with E-state index >= 15 is 0 Å². The maximum atomic E-state index is 11.9. The number of nitrogens with one attached hydrogen (secondary N) is 1. The van der Waals surface area contributed by atoms with Gasteiger partial charge < -0.3 is 14.8 Å². The molecule has 1 aromatic carbocycles. The second-order valence-electron chi connectivity index (χ2n) is 3.84. The minimum Gasteiger partial charge on any atom is -0.478 e. The van der Waals surface area contributed by atoms with Crippen molar-refractivity contribution in [1.82, 2.24) is 0 Å². The Balaban J connectivity index is 2.28. The van der Waals surface area contributed by atoms with Gasteiger partial charge in [-0.05, 0) is 24.3 Å². The van der Waals surface area contributed by atoms with E-state index in [4.69, 9.17) is 9.52 Å². The summed E-state index contributed by atoms with van der Waals surface area (Å²) < 4.78 is 5.30. The third kappa shape index (κ3) is 3.26. The van der Waals surface area contributed by atoms with Crippen LogP contribution in [0.5, 0.6) is 0 Å². The number of furan rings is 1. The van der Waals surface area contributed by atoms with Crippen molar-refractivity contribution < 1.29 is 24.0 Å². The fraction of sp³-hybridized carbons (Fsp3) is 0. The highest BCUT2D eigenvalue weighted by Crippen LogP contribution is 2.23. The molecule has 0 saturated carbocycles. The number of carbonyl (C=O) groups is 2. The zero-order chi connectivity index (χ0) is 15.6. The molecule has 0 atom stereocenters. The first-order valence-corrected chi connectivity index (χ1v) is 6.26. The maximum Gasteiger partial charge on any atom is 0.433 e. The topological polar surface area (TPSA) is 123 Å². The van der Waals surface area contributed by atoms with E-state index < -0.39 is 22.7 Å². The third-order valence-electron chi connectivity index (χ3n) is 2.46. The van der Waals surface area contributed by atoms with Crippen LogP contribution in [0.25, 0.3) is 0 Å². The monoisotopic (exact) mass is 354 g/mol. The number of anilines is 1. The Bertz CT molecular complexity index is 739. The molecule has 0 saturated heterocycles. The van der Waals surface area contributed by atoms with Gasteiger partial charge in [-0.25, -0.2) is 4.79 Å². The highest BCUT2D eigenvalue weighted by Gasteiger charge is 2.19. The molecule has 2 rings (SSSR count). The molecular formula is C12H7BrN2O6. The molecule has 0 aliphatic carbocycles. The number of amides is 1. The van der Waals surface area contributed by atoms with E-state index in [0.717, 1.165) is 12.1 Å². The quantitative estimate of drug-likeness (QED) is 0.642. The van der Waals surface area contributed by atoms with Crippen molar-refractivity contribution in [2.75, 3.05) is 5.32 Å². The summed E-state index contributed by atoms with van der Waals surface area (Å²) in [5.74, 6) is -2.88. The van der Waals surface area contributed by atoms with Crippen LogP contribution >= 0.6 is 15.9 Å². The Labute approximate surface area is 125 Å². The summed E-state index contributed by atoms with van der Waals surface area (Å²) in [4.78, 5) is 32.7. The molecule has 8 nitrogen and oxygen atoms in total. The molecule has 2 aromatic rings. The molecule has 1 aromatic heterocycles. The number of carboxylic acid groups (broad SMARTS) is 1. The van der Waals surface area contributed by atoms with E-state index in [1.807, 2.05) is 0 Å². The molecule has 0 aliphatic rings. The highest BCUT2D eigenvalue weighted by atomic mass is 79.9. The van der Waals surface area contributed by atoms with Gasteiger partial charge in [0.05, 0.1) is 17.3 Å². The van der Waals surface area contributed by atoms with E-state index in [1.165, 1.54) is 18.2 Å². The maximum absolute atomic E-state index is 11.9. The van der Waals surface area contributed by atoms with Crippen molar-refractivity contribution in [3.05, 3.63) is 56.2 Å². The van der Waals surface area contributed by atoms with Gasteiger partial charge in [0.15, 0.2) is 5.76 Å². The molecule has 9 heteroatoms. The highest BCUT2D eigenvalue weighted by molar-refractivity contribution is 9.10. The number of halogens is 1. The minimum atomic E-state index is -1.22. The Morgan fingerprint density at radius 2 is 2.00 bits per heavy atom. The second-order valence-corrected chi connectivity index (χ2v) is 4.76. The molecular weight excluding hydrogens is 348 g/mol. The Morgan fingerprint density at radius 1 is 1.29 bits per heavy atom. The molecule has 108 valence electrons. The molecule has 0 aliphatic heterocycles. The number of aromatic carboxylic acids is 1. The number of benzene rings is 1. The molecule has 0 spiro atoms. The summed E-state index contributed by atoms with van der Waals surface area (Å²) in [6.07, 6.45) is 0. The SMILES string of the molecule is O=C(Nc1cc(Br)ccc1C(=O)O)c1ccc([N+](=O)[O-])o1. The van der Waals surface area contributed by atoms with Crippen LogP contribution in [-0.4, -0.2) is 21.9 Å². The summed E-state index contributed by atoms with van der Waals surface area (Å²) in [6.45, 7) is 0. The largest absolute Gasteiger partial charge is 0.478 e. The van der Waals surface area contributed by atoms with E-state index in [0.29, 0.717) is 4.47 Å². The van der Waals surface area contributed by atoms with Crippen LogP contribution in [0.1, 0.15) is 20.9 Å². The van der Waals surface area contributed by atoms with Gasteiger partial charge in [0, 0.05) is 4.47 Å².